The lowest BCUT2D eigenvalue weighted by Crippen LogP contribution is -2.54. The molecule has 2 aromatic carbocycles. The average molecular weight is 374 g/mol. The van der Waals surface area contributed by atoms with Gasteiger partial charge in [0, 0.05) is 18.6 Å². The SMILES string of the molecule is COc1ccc(C[C@](C)(NC(=O)Oc2ccc([N+](=O)[O-])cc2)C(=O)O)cc1. The third kappa shape index (κ3) is 5.18. The molecule has 0 saturated heterocycles. The maximum atomic E-state index is 12.1. The van der Waals surface area contributed by atoms with Crippen LogP contribution in [0.15, 0.2) is 48.5 Å². The third-order valence-corrected chi connectivity index (χ3v) is 3.82. The van der Waals surface area contributed by atoms with Crippen LogP contribution in [-0.2, 0) is 11.2 Å². The number of amides is 1. The number of non-ortho nitro benzene ring substituents is 1. The van der Waals surface area contributed by atoms with Gasteiger partial charge >= 0.3 is 12.1 Å². The second-order valence-corrected chi connectivity index (χ2v) is 5.93. The Labute approximate surface area is 154 Å². The van der Waals surface area contributed by atoms with Crippen molar-refractivity contribution in [2.24, 2.45) is 0 Å². The van der Waals surface area contributed by atoms with E-state index in [1.165, 1.54) is 38.3 Å². The topological polar surface area (TPSA) is 128 Å². The molecule has 0 bridgehead atoms. The monoisotopic (exact) mass is 374 g/mol. The van der Waals surface area contributed by atoms with Crippen LogP contribution >= 0.6 is 0 Å². The Kier molecular flexibility index (Phi) is 5.96. The Balaban J connectivity index is 2.07. The van der Waals surface area contributed by atoms with Crippen molar-refractivity contribution in [1.29, 1.82) is 0 Å². The standard InChI is InChI=1S/C18H18N2O7/c1-18(16(21)22,11-12-3-7-14(26-2)8-4-12)19-17(23)27-15-9-5-13(6-10-15)20(24)25/h3-10H,11H2,1-2H3,(H,19,23)(H,21,22)/t18-/m0/s1. The third-order valence-electron chi connectivity index (χ3n) is 3.82. The normalized spacial score (nSPS) is 12.5. The fraction of sp³-hybridized carbons (Fsp3) is 0.222. The molecule has 2 rings (SSSR count). The van der Waals surface area contributed by atoms with E-state index < -0.39 is 22.5 Å². The van der Waals surface area contributed by atoms with Crippen LogP contribution in [0.2, 0.25) is 0 Å². The molecule has 0 aliphatic rings. The van der Waals surface area contributed by atoms with E-state index in [2.05, 4.69) is 5.32 Å². The summed E-state index contributed by atoms with van der Waals surface area (Å²) in [6.07, 6.45) is -0.968. The van der Waals surface area contributed by atoms with Gasteiger partial charge in [-0.25, -0.2) is 9.59 Å². The first-order chi connectivity index (χ1) is 12.7. The summed E-state index contributed by atoms with van der Waals surface area (Å²) in [5.74, 6) is -0.560. The number of carbonyl (C=O) groups is 2. The van der Waals surface area contributed by atoms with Crippen LogP contribution in [0.1, 0.15) is 12.5 Å². The number of nitrogens with zero attached hydrogens (tertiary/aromatic N) is 1. The van der Waals surface area contributed by atoms with Gasteiger partial charge in [-0.3, -0.25) is 10.1 Å². The first kappa shape index (κ1) is 19.7. The summed E-state index contributed by atoms with van der Waals surface area (Å²) in [6, 6.07) is 11.6. The first-order valence-corrected chi connectivity index (χ1v) is 7.84. The summed E-state index contributed by atoms with van der Waals surface area (Å²) >= 11 is 0. The Morgan fingerprint density at radius 2 is 1.67 bits per heavy atom. The number of benzene rings is 2. The molecule has 142 valence electrons. The molecule has 0 fully saturated rings. The molecule has 1 amide bonds. The van der Waals surface area contributed by atoms with Gasteiger partial charge in [0.15, 0.2) is 0 Å². The predicted octanol–water partition coefficient (Wildman–Crippen LogP) is 2.78. The lowest BCUT2D eigenvalue weighted by Gasteiger charge is -2.26. The van der Waals surface area contributed by atoms with E-state index in [1.807, 2.05) is 0 Å². The van der Waals surface area contributed by atoms with Gasteiger partial charge in [-0.15, -0.1) is 0 Å². The van der Waals surface area contributed by atoms with Gasteiger partial charge in [-0.05, 0) is 36.8 Å². The van der Waals surface area contributed by atoms with Crippen molar-refractivity contribution in [2.75, 3.05) is 7.11 Å². The lowest BCUT2D eigenvalue weighted by atomic mass is 9.93. The molecular weight excluding hydrogens is 356 g/mol. The largest absolute Gasteiger partial charge is 0.497 e. The van der Waals surface area contributed by atoms with Gasteiger partial charge in [0.25, 0.3) is 5.69 Å². The van der Waals surface area contributed by atoms with Gasteiger partial charge in [-0.2, -0.15) is 0 Å². The number of methoxy groups -OCH3 is 1. The molecular formula is C18H18N2O7. The first-order valence-electron chi connectivity index (χ1n) is 7.84. The number of carboxylic acid groups (broad SMARTS) is 1. The van der Waals surface area contributed by atoms with Gasteiger partial charge in [-0.1, -0.05) is 12.1 Å². The molecule has 9 nitrogen and oxygen atoms in total. The van der Waals surface area contributed by atoms with Crippen molar-refractivity contribution in [2.45, 2.75) is 18.9 Å². The van der Waals surface area contributed by atoms with E-state index >= 15 is 0 Å². The summed E-state index contributed by atoms with van der Waals surface area (Å²) in [5, 5.41) is 22.5. The fourth-order valence-corrected chi connectivity index (χ4v) is 2.32. The van der Waals surface area contributed by atoms with Crippen LogP contribution in [0.25, 0.3) is 0 Å². The molecule has 0 radical (unpaired) electrons. The number of aliphatic carboxylic acids is 1. The Bertz CT molecular complexity index is 834. The molecule has 0 aromatic heterocycles. The summed E-state index contributed by atoms with van der Waals surface area (Å²) in [4.78, 5) is 33.8. The smallest absolute Gasteiger partial charge is 0.413 e. The summed E-state index contributed by atoms with van der Waals surface area (Å²) in [7, 11) is 1.52. The number of carbonyl (C=O) groups excluding carboxylic acids is 1. The number of nitrogens with one attached hydrogen (secondary N) is 1. The number of carboxylic acids is 1. The highest BCUT2D eigenvalue weighted by Gasteiger charge is 2.36. The number of hydrogen-bond donors (Lipinski definition) is 2. The van der Waals surface area contributed by atoms with E-state index in [9.17, 15) is 24.8 Å². The van der Waals surface area contributed by atoms with E-state index in [0.29, 0.717) is 11.3 Å². The zero-order chi connectivity index (χ0) is 20.0. The number of nitro groups is 1. The van der Waals surface area contributed by atoms with Crippen LogP contribution in [0, 0.1) is 10.1 Å². The highest BCUT2D eigenvalue weighted by atomic mass is 16.6. The molecule has 0 unspecified atom stereocenters. The molecule has 9 heteroatoms. The average Bonchev–Trinajstić information content (AvgIpc) is 2.62. The Morgan fingerprint density at radius 1 is 1.11 bits per heavy atom. The van der Waals surface area contributed by atoms with Gasteiger partial charge in [0.05, 0.1) is 12.0 Å². The molecule has 2 aromatic rings. The minimum atomic E-state index is -1.62. The van der Waals surface area contributed by atoms with Crippen LogP contribution in [-0.4, -0.2) is 34.7 Å². The zero-order valence-electron chi connectivity index (χ0n) is 14.7. The Morgan fingerprint density at radius 3 is 2.15 bits per heavy atom. The quantitative estimate of drug-likeness (QED) is 0.563. The van der Waals surface area contributed by atoms with Gasteiger partial charge in [0.1, 0.15) is 17.0 Å². The fourth-order valence-electron chi connectivity index (χ4n) is 2.32. The number of ether oxygens (including phenoxy) is 2. The second kappa shape index (κ2) is 8.17. The molecule has 0 heterocycles. The van der Waals surface area contributed by atoms with Crippen LogP contribution in [0.4, 0.5) is 10.5 Å². The molecule has 0 aliphatic heterocycles. The number of rotatable bonds is 7. The second-order valence-electron chi connectivity index (χ2n) is 5.93. The molecule has 2 N–H and O–H groups in total. The van der Waals surface area contributed by atoms with Crippen LogP contribution in [0.3, 0.4) is 0 Å². The molecule has 0 spiro atoms. The highest BCUT2D eigenvalue weighted by Crippen LogP contribution is 2.20. The maximum absolute atomic E-state index is 12.1. The molecule has 27 heavy (non-hydrogen) atoms. The van der Waals surface area contributed by atoms with Gasteiger partial charge in [0.2, 0.25) is 0 Å². The number of nitro benzene ring substituents is 1. The predicted molar refractivity (Wildman–Crippen MR) is 95.0 cm³/mol. The van der Waals surface area contributed by atoms with Crippen molar-refractivity contribution in [1.82, 2.24) is 5.32 Å². The van der Waals surface area contributed by atoms with Crippen molar-refractivity contribution >= 4 is 17.7 Å². The summed E-state index contributed by atoms with van der Waals surface area (Å²) in [6.45, 7) is 1.36. The van der Waals surface area contributed by atoms with Crippen LogP contribution in [0.5, 0.6) is 11.5 Å². The molecule has 0 saturated carbocycles. The lowest BCUT2D eigenvalue weighted by molar-refractivity contribution is -0.384. The summed E-state index contributed by atoms with van der Waals surface area (Å²) < 4.78 is 10.1. The van der Waals surface area contributed by atoms with Crippen molar-refractivity contribution in [3.63, 3.8) is 0 Å². The minimum Gasteiger partial charge on any atom is -0.497 e. The van der Waals surface area contributed by atoms with E-state index in [0.717, 1.165) is 0 Å². The summed E-state index contributed by atoms with van der Waals surface area (Å²) in [5.41, 5.74) is -1.10. The molecule has 0 aliphatic carbocycles. The van der Waals surface area contributed by atoms with E-state index in [-0.39, 0.29) is 17.9 Å². The van der Waals surface area contributed by atoms with Crippen molar-refractivity contribution < 1.29 is 29.1 Å². The number of hydrogen-bond acceptors (Lipinski definition) is 6. The van der Waals surface area contributed by atoms with Gasteiger partial charge < -0.3 is 19.9 Å². The van der Waals surface area contributed by atoms with E-state index in [1.54, 1.807) is 24.3 Å². The Hall–Kier alpha value is -3.62. The molecule has 1 atom stereocenters. The van der Waals surface area contributed by atoms with Crippen molar-refractivity contribution in [3.05, 3.63) is 64.2 Å². The van der Waals surface area contributed by atoms with E-state index in [4.69, 9.17) is 9.47 Å². The maximum Gasteiger partial charge on any atom is 0.413 e. The van der Waals surface area contributed by atoms with Crippen LogP contribution < -0.4 is 14.8 Å². The van der Waals surface area contributed by atoms with Crippen molar-refractivity contribution in [3.8, 4) is 11.5 Å². The zero-order valence-corrected chi connectivity index (χ0v) is 14.7. The highest BCUT2D eigenvalue weighted by molar-refractivity contribution is 5.85. The minimum absolute atomic E-state index is 0.0156.